The molecule has 0 radical (unpaired) electrons. The molecule has 0 amide bonds. The monoisotopic (exact) mass is 242 g/mol. The van der Waals surface area contributed by atoms with Crippen LogP contribution in [0.2, 0.25) is 0 Å². The highest BCUT2D eigenvalue weighted by Crippen LogP contribution is 2.35. The zero-order valence-corrected chi connectivity index (χ0v) is 9.47. The Morgan fingerprint density at radius 2 is 1.94 bits per heavy atom. The fourth-order valence-corrected chi connectivity index (χ4v) is 1.83. The van der Waals surface area contributed by atoms with E-state index in [-0.39, 0.29) is 11.3 Å². The van der Waals surface area contributed by atoms with Gasteiger partial charge in [-0.05, 0) is 55.9 Å². The molecule has 0 spiro atoms. The Balaban J connectivity index is 2.37. The Bertz CT molecular complexity index is 444. The predicted octanol–water partition coefficient (Wildman–Crippen LogP) is 3.86. The normalized spacial score (nSPS) is 16.0. The van der Waals surface area contributed by atoms with Gasteiger partial charge < -0.3 is 0 Å². The minimum absolute atomic E-state index is 0.149. The van der Waals surface area contributed by atoms with E-state index in [1.807, 2.05) is 0 Å². The second-order valence-electron chi connectivity index (χ2n) is 4.62. The van der Waals surface area contributed by atoms with E-state index >= 15 is 0 Å². The maximum absolute atomic E-state index is 12.7. The van der Waals surface area contributed by atoms with Gasteiger partial charge in [0.05, 0.1) is 5.56 Å². The van der Waals surface area contributed by atoms with Gasteiger partial charge in [-0.15, -0.1) is 0 Å². The number of rotatable bonds is 3. The van der Waals surface area contributed by atoms with Crippen molar-refractivity contribution in [1.29, 1.82) is 0 Å². The highest BCUT2D eigenvalue weighted by atomic mass is 19.4. The zero-order chi connectivity index (χ0) is 12.6. The number of carbonyl (C=O) groups excluding carboxylic acids is 1. The molecule has 1 aromatic carbocycles. The van der Waals surface area contributed by atoms with E-state index in [0.717, 1.165) is 25.0 Å². The van der Waals surface area contributed by atoms with Crippen molar-refractivity contribution in [3.63, 3.8) is 0 Å². The van der Waals surface area contributed by atoms with E-state index in [2.05, 4.69) is 0 Å². The summed E-state index contributed by atoms with van der Waals surface area (Å²) in [5.41, 5.74) is 0.0452. The maximum Gasteiger partial charge on any atom is 0.416 e. The van der Waals surface area contributed by atoms with Crippen molar-refractivity contribution >= 4 is 5.78 Å². The van der Waals surface area contributed by atoms with Crippen LogP contribution in [0.5, 0.6) is 0 Å². The average Bonchev–Trinajstić information content (AvgIpc) is 2.99. The fraction of sp³-hybridized carbons (Fsp3) is 0.462. The van der Waals surface area contributed by atoms with Crippen LogP contribution in [-0.2, 0) is 12.6 Å². The first kappa shape index (κ1) is 12.1. The number of hydrogen-bond acceptors (Lipinski definition) is 1. The number of benzene rings is 1. The Morgan fingerprint density at radius 3 is 2.41 bits per heavy atom. The largest absolute Gasteiger partial charge is 0.416 e. The molecule has 2 rings (SSSR count). The van der Waals surface area contributed by atoms with Crippen LogP contribution in [0.4, 0.5) is 13.2 Å². The molecule has 4 heteroatoms. The molecule has 0 aromatic heterocycles. The Kier molecular flexibility index (Phi) is 2.98. The van der Waals surface area contributed by atoms with Gasteiger partial charge in [-0.25, -0.2) is 0 Å². The number of alkyl halides is 3. The molecular formula is C13H13F3O. The summed E-state index contributed by atoms with van der Waals surface area (Å²) in [6.07, 6.45) is -1.59. The molecule has 92 valence electrons. The third-order valence-electron chi connectivity index (χ3n) is 2.95. The third-order valence-corrected chi connectivity index (χ3v) is 2.95. The van der Waals surface area contributed by atoms with E-state index in [1.165, 1.54) is 6.92 Å². The lowest BCUT2D eigenvalue weighted by Crippen LogP contribution is -2.08. The quantitative estimate of drug-likeness (QED) is 0.735. The molecule has 1 fully saturated rings. The van der Waals surface area contributed by atoms with Crippen molar-refractivity contribution in [2.24, 2.45) is 5.92 Å². The van der Waals surface area contributed by atoms with Crippen molar-refractivity contribution in [2.75, 3.05) is 0 Å². The summed E-state index contributed by atoms with van der Waals surface area (Å²) in [5, 5.41) is 0. The Hall–Kier alpha value is -1.32. The number of hydrogen-bond donors (Lipinski definition) is 0. The molecule has 1 nitrogen and oxygen atoms in total. The summed E-state index contributed by atoms with van der Waals surface area (Å²) in [5.74, 6) is 0.173. The van der Waals surface area contributed by atoms with Crippen LogP contribution in [0, 0.1) is 5.92 Å². The van der Waals surface area contributed by atoms with E-state index in [1.54, 1.807) is 6.07 Å². The zero-order valence-electron chi connectivity index (χ0n) is 9.47. The molecule has 1 aliphatic rings. The maximum atomic E-state index is 12.7. The molecule has 0 aliphatic heterocycles. The third kappa shape index (κ3) is 3.08. The summed E-state index contributed by atoms with van der Waals surface area (Å²) in [4.78, 5) is 11.2. The Labute approximate surface area is 97.6 Å². The SMILES string of the molecule is CC(=O)c1cc(CC2CC2)cc(C(F)(F)F)c1. The predicted molar refractivity (Wildman–Crippen MR) is 57.9 cm³/mol. The van der Waals surface area contributed by atoms with Gasteiger partial charge in [0.1, 0.15) is 0 Å². The van der Waals surface area contributed by atoms with Crippen LogP contribution in [-0.4, -0.2) is 5.78 Å². The molecule has 17 heavy (non-hydrogen) atoms. The van der Waals surface area contributed by atoms with Gasteiger partial charge in [0.15, 0.2) is 5.78 Å². The van der Waals surface area contributed by atoms with Gasteiger partial charge in [0.2, 0.25) is 0 Å². The summed E-state index contributed by atoms with van der Waals surface area (Å²) in [7, 11) is 0. The van der Waals surface area contributed by atoms with Gasteiger partial charge in [-0.3, -0.25) is 4.79 Å². The molecular weight excluding hydrogens is 229 g/mol. The number of halogens is 3. The smallest absolute Gasteiger partial charge is 0.295 e. The minimum Gasteiger partial charge on any atom is -0.295 e. The lowest BCUT2D eigenvalue weighted by atomic mass is 9.99. The van der Waals surface area contributed by atoms with Crippen LogP contribution in [0.15, 0.2) is 18.2 Å². The molecule has 0 bridgehead atoms. The Morgan fingerprint density at radius 1 is 1.29 bits per heavy atom. The molecule has 0 atom stereocenters. The lowest BCUT2D eigenvalue weighted by Gasteiger charge is -2.11. The molecule has 1 saturated carbocycles. The summed E-state index contributed by atoms with van der Waals surface area (Å²) in [6.45, 7) is 1.29. The minimum atomic E-state index is -4.39. The standard InChI is InChI=1S/C13H13F3O/c1-8(17)11-5-10(4-9-2-3-9)6-12(7-11)13(14,15)16/h5-7,9H,2-4H2,1H3. The van der Waals surface area contributed by atoms with Crippen molar-refractivity contribution in [3.8, 4) is 0 Å². The first-order valence-corrected chi connectivity index (χ1v) is 5.58. The van der Waals surface area contributed by atoms with Gasteiger partial charge in [-0.1, -0.05) is 0 Å². The number of ketones is 1. The topological polar surface area (TPSA) is 17.1 Å². The molecule has 0 saturated heterocycles. The van der Waals surface area contributed by atoms with Crippen LogP contribution < -0.4 is 0 Å². The fourth-order valence-electron chi connectivity index (χ4n) is 1.83. The van der Waals surface area contributed by atoms with Crippen LogP contribution >= 0.6 is 0 Å². The van der Waals surface area contributed by atoms with Gasteiger partial charge in [-0.2, -0.15) is 13.2 Å². The van der Waals surface area contributed by atoms with Crippen molar-refractivity contribution in [2.45, 2.75) is 32.4 Å². The lowest BCUT2D eigenvalue weighted by molar-refractivity contribution is -0.137. The van der Waals surface area contributed by atoms with E-state index in [4.69, 9.17) is 0 Å². The summed E-state index contributed by atoms with van der Waals surface area (Å²) >= 11 is 0. The highest BCUT2D eigenvalue weighted by Gasteiger charge is 2.32. The van der Waals surface area contributed by atoms with Gasteiger partial charge >= 0.3 is 6.18 Å². The number of carbonyl (C=O) groups is 1. The second-order valence-corrected chi connectivity index (χ2v) is 4.62. The van der Waals surface area contributed by atoms with Gasteiger partial charge in [0.25, 0.3) is 0 Å². The van der Waals surface area contributed by atoms with E-state index in [0.29, 0.717) is 17.9 Å². The van der Waals surface area contributed by atoms with Gasteiger partial charge in [0, 0.05) is 5.56 Å². The highest BCUT2D eigenvalue weighted by molar-refractivity contribution is 5.94. The average molecular weight is 242 g/mol. The summed E-state index contributed by atoms with van der Waals surface area (Å²) in [6, 6.07) is 3.67. The molecule has 1 aliphatic carbocycles. The molecule has 0 N–H and O–H groups in total. The first-order chi connectivity index (χ1) is 7.86. The summed E-state index contributed by atoms with van der Waals surface area (Å²) < 4.78 is 38.0. The van der Waals surface area contributed by atoms with Crippen LogP contribution in [0.3, 0.4) is 0 Å². The van der Waals surface area contributed by atoms with Crippen LogP contribution in [0.1, 0.15) is 41.3 Å². The molecule has 1 aromatic rings. The molecule has 0 unspecified atom stereocenters. The second kappa shape index (κ2) is 4.17. The first-order valence-electron chi connectivity index (χ1n) is 5.58. The molecule has 0 heterocycles. The van der Waals surface area contributed by atoms with E-state index in [9.17, 15) is 18.0 Å². The number of Topliss-reactive ketones (excluding diaryl/α,β-unsaturated/α-hetero) is 1. The van der Waals surface area contributed by atoms with Crippen molar-refractivity contribution in [3.05, 3.63) is 34.9 Å². The van der Waals surface area contributed by atoms with Crippen molar-refractivity contribution in [1.82, 2.24) is 0 Å². The van der Waals surface area contributed by atoms with Crippen molar-refractivity contribution < 1.29 is 18.0 Å². The van der Waals surface area contributed by atoms with Crippen LogP contribution in [0.25, 0.3) is 0 Å². The van der Waals surface area contributed by atoms with E-state index < -0.39 is 11.7 Å².